The van der Waals surface area contributed by atoms with E-state index in [1.165, 1.54) is 24.0 Å². The molecule has 1 N–H and O–H groups in total. The number of Topliss-reactive ketones (excluding diaryl/α,β-unsaturated/α-hetero) is 1. The molecule has 1 fully saturated rings. The highest BCUT2D eigenvalue weighted by Crippen LogP contribution is 2.36. The van der Waals surface area contributed by atoms with Gasteiger partial charge < -0.3 is 23.9 Å². The third-order valence-electron chi connectivity index (χ3n) is 6.69. The van der Waals surface area contributed by atoms with Crippen LogP contribution in [0.3, 0.4) is 0 Å². The standard InChI is InChI=1S/C27H26ClF3N6O4/c1-36-14-15(27(29,30)31)9-20(25(36)39)34-26-35-24-23(37(26)2)22(28)21(13-33-24)41-19-6-7-32-16(11-19)10-17(38)12-18-5-3-4-8-40-18/h6-7,9,11,13-14,18H,3-5,8,10,12H2,1-2H3,(H,33,34,35). The Labute approximate surface area is 237 Å². The number of ether oxygens (including phenoxy) is 2. The molecule has 5 rings (SSSR count). The van der Waals surface area contributed by atoms with E-state index in [1.54, 1.807) is 19.2 Å². The van der Waals surface area contributed by atoms with Crippen molar-refractivity contribution in [2.24, 2.45) is 14.1 Å². The lowest BCUT2D eigenvalue weighted by molar-refractivity contribution is -0.138. The number of ketones is 1. The number of fused-ring (bicyclic) bond motifs is 1. The van der Waals surface area contributed by atoms with Gasteiger partial charge in [-0.3, -0.25) is 14.6 Å². The molecule has 1 saturated heterocycles. The molecule has 0 radical (unpaired) electrons. The van der Waals surface area contributed by atoms with Crippen molar-refractivity contribution in [2.45, 2.75) is 44.4 Å². The molecule has 4 aromatic heterocycles. The normalized spacial score (nSPS) is 15.7. The number of nitrogens with one attached hydrogen (secondary N) is 1. The molecular formula is C27H26ClF3N6O4. The second kappa shape index (κ2) is 11.5. The number of aromatic nitrogens is 5. The van der Waals surface area contributed by atoms with Gasteiger partial charge in [-0.2, -0.15) is 18.2 Å². The van der Waals surface area contributed by atoms with E-state index in [9.17, 15) is 22.8 Å². The number of carbonyl (C=O) groups is 1. The number of nitrogens with zero attached hydrogens (tertiary/aromatic N) is 5. The van der Waals surface area contributed by atoms with Gasteiger partial charge in [0.05, 0.1) is 23.6 Å². The highest BCUT2D eigenvalue weighted by molar-refractivity contribution is 6.36. The molecule has 1 aliphatic heterocycles. The Morgan fingerprint density at radius 3 is 2.78 bits per heavy atom. The van der Waals surface area contributed by atoms with Crippen LogP contribution in [0.15, 0.2) is 41.6 Å². The number of hydrogen-bond acceptors (Lipinski definition) is 8. The Hall–Kier alpha value is -3.97. The Kier molecular flexibility index (Phi) is 8.00. The van der Waals surface area contributed by atoms with Crippen molar-refractivity contribution in [3.8, 4) is 11.5 Å². The first kappa shape index (κ1) is 28.6. The van der Waals surface area contributed by atoms with Gasteiger partial charge >= 0.3 is 6.18 Å². The van der Waals surface area contributed by atoms with E-state index in [0.29, 0.717) is 30.0 Å². The largest absolute Gasteiger partial charge is 0.454 e. The van der Waals surface area contributed by atoms with Crippen molar-refractivity contribution < 1.29 is 27.4 Å². The number of halogens is 4. The summed E-state index contributed by atoms with van der Waals surface area (Å²) in [5.74, 6) is 0.637. The fraction of sp³-hybridized carbons (Fsp3) is 0.370. The van der Waals surface area contributed by atoms with Crippen LogP contribution < -0.4 is 15.6 Å². The van der Waals surface area contributed by atoms with Crippen molar-refractivity contribution in [3.63, 3.8) is 0 Å². The van der Waals surface area contributed by atoms with Crippen LogP contribution in [-0.2, 0) is 36.2 Å². The Morgan fingerprint density at radius 1 is 1.24 bits per heavy atom. The second-order valence-corrected chi connectivity index (χ2v) is 10.2. The number of alkyl halides is 3. The van der Waals surface area contributed by atoms with Gasteiger partial charge in [0.15, 0.2) is 11.4 Å². The highest BCUT2D eigenvalue weighted by atomic mass is 35.5. The summed E-state index contributed by atoms with van der Waals surface area (Å²) in [4.78, 5) is 37.9. The monoisotopic (exact) mass is 590 g/mol. The van der Waals surface area contributed by atoms with Gasteiger partial charge in [0.25, 0.3) is 5.56 Å². The van der Waals surface area contributed by atoms with Crippen LogP contribution in [-0.4, -0.2) is 42.6 Å². The average Bonchev–Trinajstić information content (AvgIpc) is 3.24. The summed E-state index contributed by atoms with van der Waals surface area (Å²) in [7, 11) is 2.80. The second-order valence-electron chi connectivity index (χ2n) is 9.78. The zero-order chi connectivity index (χ0) is 29.3. The quantitative estimate of drug-likeness (QED) is 0.293. The first-order chi connectivity index (χ1) is 19.5. The zero-order valence-corrected chi connectivity index (χ0v) is 22.9. The lowest BCUT2D eigenvalue weighted by atomic mass is 10.0. The smallest absolute Gasteiger partial charge is 0.417 e. The minimum absolute atomic E-state index is 0.0215. The van der Waals surface area contributed by atoms with E-state index >= 15 is 0 Å². The molecule has 1 aliphatic rings. The molecule has 4 aromatic rings. The van der Waals surface area contributed by atoms with Gasteiger partial charge in [-0.1, -0.05) is 11.6 Å². The van der Waals surface area contributed by atoms with Crippen molar-refractivity contribution in [1.82, 2.24) is 24.1 Å². The maximum Gasteiger partial charge on any atom is 0.417 e. The fourth-order valence-corrected chi connectivity index (χ4v) is 4.91. The molecule has 1 atom stereocenters. The van der Waals surface area contributed by atoms with Crippen molar-refractivity contribution >= 4 is 40.2 Å². The van der Waals surface area contributed by atoms with E-state index in [4.69, 9.17) is 21.1 Å². The average molecular weight is 591 g/mol. The van der Waals surface area contributed by atoms with Crippen LogP contribution in [0.25, 0.3) is 11.2 Å². The lowest BCUT2D eigenvalue weighted by Crippen LogP contribution is -2.23. The van der Waals surface area contributed by atoms with Crippen LogP contribution in [0, 0.1) is 0 Å². The molecule has 0 aliphatic carbocycles. The van der Waals surface area contributed by atoms with Crippen LogP contribution in [0.4, 0.5) is 24.8 Å². The molecule has 0 spiro atoms. The molecule has 0 aromatic carbocycles. The molecule has 216 valence electrons. The molecule has 41 heavy (non-hydrogen) atoms. The number of hydrogen-bond donors (Lipinski definition) is 1. The van der Waals surface area contributed by atoms with E-state index < -0.39 is 17.3 Å². The predicted molar refractivity (Wildman–Crippen MR) is 145 cm³/mol. The van der Waals surface area contributed by atoms with Crippen molar-refractivity contribution in [3.05, 3.63) is 63.4 Å². The summed E-state index contributed by atoms with van der Waals surface area (Å²) in [6.45, 7) is 0.677. The molecule has 1 unspecified atom stereocenters. The summed E-state index contributed by atoms with van der Waals surface area (Å²) >= 11 is 6.64. The third-order valence-corrected chi connectivity index (χ3v) is 7.05. The third kappa shape index (κ3) is 6.35. The van der Waals surface area contributed by atoms with Gasteiger partial charge in [-0.05, 0) is 31.4 Å². The Balaban J connectivity index is 1.36. The number of anilines is 2. The minimum Gasteiger partial charge on any atom is -0.454 e. The van der Waals surface area contributed by atoms with Crippen LogP contribution >= 0.6 is 11.6 Å². The first-order valence-electron chi connectivity index (χ1n) is 12.8. The maximum absolute atomic E-state index is 13.3. The molecule has 0 bridgehead atoms. The van der Waals surface area contributed by atoms with Gasteiger partial charge in [0.1, 0.15) is 27.8 Å². The molecule has 10 nitrogen and oxygen atoms in total. The summed E-state index contributed by atoms with van der Waals surface area (Å²) in [5, 5.41) is 2.80. The fourth-order valence-electron chi connectivity index (χ4n) is 4.61. The van der Waals surface area contributed by atoms with E-state index in [1.807, 2.05) is 0 Å². The summed E-state index contributed by atoms with van der Waals surface area (Å²) in [6, 6.07) is 3.97. The molecule has 5 heterocycles. The number of carbonyl (C=O) groups excluding carboxylic acids is 1. The van der Waals surface area contributed by atoms with Crippen LogP contribution in [0.2, 0.25) is 5.02 Å². The topological polar surface area (TPSA) is 113 Å². The number of imidazole rings is 1. The number of aryl methyl sites for hydroxylation is 2. The molecule has 0 saturated carbocycles. The van der Waals surface area contributed by atoms with Gasteiger partial charge in [0, 0.05) is 52.0 Å². The Morgan fingerprint density at radius 2 is 2.05 bits per heavy atom. The van der Waals surface area contributed by atoms with E-state index in [0.717, 1.165) is 36.1 Å². The first-order valence-corrected chi connectivity index (χ1v) is 13.2. The van der Waals surface area contributed by atoms with Crippen molar-refractivity contribution in [1.29, 1.82) is 0 Å². The predicted octanol–water partition coefficient (Wildman–Crippen LogP) is 5.34. The van der Waals surface area contributed by atoms with Gasteiger partial charge in [-0.25, -0.2) is 4.98 Å². The van der Waals surface area contributed by atoms with Crippen LogP contribution in [0.1, 0.15) is 36.9 Å². The minimum atomic E-state index is -4.64. The van der Waals surface area contributed by atoms with Crippen molar-refractivity contribution in [2.75, 3.05) is 11.9 Å². The number of pyridine rings is 3. The molecule has 14 heteroatoms. The highest BCUT2D eigenvalue weighted by Gasteiger charge is 2.32. The van der Waals surface area contributed by atoms with Crippen LogP contribution in [0.5, 0.6) is 11.5 Å². The maximum atomic E-state index is 13.3. The zero-order valence-electron chi connectivity index (χ0n) is 22.2. The van der Waals surface area contributed by atoms with Gasteiger partial charge in [-0.15, -0.1) is 0 Å². The lowest BCUT2D eigenvalue weighted by Gasteiger charge is -2.21. The molecule has 0 amide bonds. The molecular weight excluding hydrogens is 565 g/mol. The van der Waals surface area contributed by atoms with E-state index in [2.05, 4.69) is 20.3 Å². The summed E-state index contributed by atoms with van der Waals surface area (Å²) < 4.78 is 53.8. The SMILES string of the molecule is Cn1cc(C(F)(F)F)cc(Nc2nc3ncc(Oc4ccnc(CC(=O)CC5CCCCO5)c4)c(Cl)c3n2C)c1=O. The Bertz CT molecular complexity index is 1660. The summed E-state index contributed by atoms with van der Waals surface area (Å²) in [5.41, 5.74) is -0.945. The summed E-state index contributed by atoms with van der Waals surface area (Å²) in [6.07, 6.45) is 2.31. The number of rotatable bonds is 8. The van der Waals surface area contributed by atoms with Gasteiger partial charge in [0.2, 0.25) is 5.95 Å². The van der Waals surface area contributed by atoms with E-state index in [-0.39, 0.29) is 46.4 Å².